The minimum absolute atomic E-state index is 0.872. The Balaban J connectivity index is 1.94. The Morgan fingerprint density at radius 3 is 2.89 bits per heavy atom. The van der Waals surface area contributed by atoms with Crippen LogP contribution in [0.5, 0.6) is 0 Å². The number of aryl methyl sites for hydroxylation is 1. The predicted molar refractivity (Wildman–Crippen MR) is 81.6 cm³/mol. The second-order valence-corrected chi connectivity index (χ2v) is 6.56. The van der Waals surface area contributed by atoms with Crippen molar-refractivity contribution in [2.75, 3.05) is 0 Å². The van der Waals surface area contributed by atoms with Crippen LogP contribution in [0.3, 0.4) is 0 Å². The molecule has 3 heteroatoms. The lowest BCUT2D eigenvalue weighted by atomic mass is 10.1. The Kier molecular flexibility index (Phi) is 3.02. The second kappa shape index (κ2) is 4.67. The van der Waals surface area contributed by atoms with Gasteiger partial charge in [0.15, 0.2) is 0 Å². The number of hydrogen-bond donors (Lipinski definition) is 0. The summed E-state index contributed by atoms with van der Waals surface area (Å²) in [6.45, 7) is 6.25. The van der Waals surface area contributed by atoms with Crippen LogP contribution in [0.15, 0.2) is 52.5 Å². The van der Waals surface area contributed by atoms with Crippen LogP contribution in [0.2, 0.25) is 0 Å². The van der Waals surface area contributed by atoms with Crippen LogP contribution in [-0.2, 0) is 0 Å². The lowest BCUT2D eigenvalue weighted by molar-refractivity contribution is 1.36. The van der Waals surface area contributed by atoms with Crippen molar-refractivity contribution >= 4 is 34.5 Å². The van der Waals surface area contributed by atoms with Gasteiger partial charge in [-0.05, 0) is 42.2 Å². The summed E-state index contributed by atoms with van der Waals surface area (Å²) < 4.78 is 0. The van der Waals surface area contributed by atoms with Gasteiger partial charge in [-0.2, -0.15) is 0 Å². The van der Waals surface area contributed by atoms with Gasteiger partial charge in [0.2, 0.25) is 0 Å². The van der Waals surface area contributed by atoms with Crippen molar-refractivity contribution in [2.24, 2.45) is 4.99 Å². The molecule has 3 rings (SSSR count). The number of nitrogens with zero attached hydrogens (tertiary/aromatic N) is 1. The van der Waals surface area contributed by atoms with E-state index >= 15 is 0 Å². The van der Waals surface area contributed by atoms with Crippen molar-refractivity contribution < 1.29 is 0 Å². The highest BCUT2D eigenvalue weighted by atomic mass is 32.1. The van der Waals surface area contributed by atoms with Gasteiger partial charge in [0.05, 0.1) is 11.4 Å². The van der Waals surface area contributed by atoms with Gasteiger partial charge in [-0.15, -0.1) is 22.7 Å². The third-order valence-electron chi connectivity index (χ3n) is 2.84. The van der Waals surface area contributed by atoms with E-state index in [-0.39, 0.29) is 0 Å². The molecular formula is C15H13NS2. The van der Waals surface area contributed by atoms with E-state index in [2.05, 4.69) is 49.2 Å². The SMILES string of the molecule is C=C1CC(c2cccs2)=N/C1=C\c1ccc(C)s1. The van der Waals surface area contributed by atoms with E-state index < -0.39 is 0 Å². The molecule has 3 heterocycles. The summed E-state index contributed by atoms with van der Waals surface area (Å²) in [6.07, 6.45) is 3.01. The zero-order valence-electron chi connectivity index (χ0n) is 10.1. The smallest absolute Gasteiger partial charge is 0.0677 e. The van der Waals surface area contributed by atoms with Crippen molar-refractivity contribution in [3.63, 3.8) is 0 Å². The maximum absolute atomic E-state index is 4.71. The molecule has 90 valence electrons. The van der Waals surface area contributed by atoms with Crippen molar-refractivity contribution in [1.82, 2.24) is 0 Å². The average Bonchev–Trinajstić information content (AvgIpc) is 3.02. The Morgan fingerprint density at radius 2 is 2.22 bits per heavy atom. The van der Waals surface area contributed by atoms with E-state index in [9.17, 15) is 0 Å². The molecule has 0 saturated heterocycles. The maximum atomic E-state index is 4.71. The average molecular weight is 271 g/mol. The Labute approximate surface area is 115 Å². The lowest BCUT2D eigenvalue weighted by Crippen LogP contribution is -1.91. The predicted octanol–water partition coefficient (Wildman–Crippen LogP) is 4.91. The molecule has 0 amide bonds. The zero-order valence-corrected chi connectivity index (χ0v) is 11.8. The first-order valence-corrected chi connectivity index (χ1v) is 7.50. The van der Waals surface area contributed by atoms with Gasteiger partial charge in [0.1, 0.15) is 0 Å². The summed E-state index contributed by atoms with van der Waals surface area (Å²) in [5.74, 6) is 0. The number of allylic oxidation sites excluding steroid dienone is 1. The first-order valence-electron chi connectivity index (χ1n) is 5.80. The molecular weight excluding hydrogens is 258 g/mol. The van der Waals surface area contributed by atoms with Crippen LogP contribution in [0.25, 0.3) is 6.08 Å². The van der Waals surface area contributed by atoms with Gasteiger partial charge in [-0.1, -0.05) is 12.6 Å². The molecule has 0 aromatic carbocycles. The fourth-order valence-electron chi connectivity index (χ4n) is 1.94. The van der Waals surface area contributed by atoms with Crippen LogP contribution in [0.1, 0.15) is 21.1 Å². The highest BCUT2D eigenvalue weighted by Crippen LogP contribution is 2.30. The molecule has 0 aliphatic carbocycles. The van der Waals surface area contributed by atoms with E-state index in [1.54, 1.807) is 22.7 Å². The van der Waals surface area contributed by atoms with Crippen molar-refractivity contribution in [3.8, 4) is 0 Å². The number of rotatable bonds is 2. The molecule has 0 unspecified atom stereocenters. The first kappa shape index (κ1) is 11.6. The fraction of sp³-hybridized carbons (Fsp3) is 0.133. The van der Waals surface area contributed by atoms with E-state index in [1.165, 1.54) is 14.6 Å². The minimum Gasteiger partial charge on any atom is -0.251 e. The summed E-state index contributed by atoms with van der Waals surface area (Å²) in [7, 11) is 0. The topological polar surface area (TPSA) is 12.4 Å². The molecule has 0 spiro atoms. The molecule has 0 bridgehead atoms. The van der Waals surface area contributed by atoms with Gasteiger partial charge >= 0.3 is 0 Å². The molecule has 1 aliphatic heterocycles. The van der Waals surface area contributed by atoms with Gasteiger partial charge < -0.3 is 0 Å². The summed E-state index contributed by atoms with van der Waals surface area (Å²) in [4.78, 5) is 8.54. The lowest BCUT2D eigenvalue weighted by Gasteiger charge is -1.93. The largest absolute Gasteiger partial charge is 0.251 e. The first-order chi connectivity index (χ1) is 8.72. The summed E-state index contributed by atoms with van der Waals surface area (Å²) in [5.41, 5.74) is 3.29. The van der Waals surface area contributed by atoms with Crippen LogP contribution in [0, 0.1) is 6.92 Å². The van der Waals surface area contributed by atoms with Gasteiger partial charge in [-0.25, -0.2) is 0 Å². The van der Waals surface area contributed by atoms with E-state index in [0.717, 1.165) is 23.4 Å². The monoisotopic (exact) mass is 271 g/mol. The Bertz CT molecular complexity index is 642. The molecule has 1 nitrogen and oxygen atoms in total. The van der Waals surface area contributed by atoms with Crippen molar-refractivity contribution in [3.05, 3.63) is 62.1 Å². The summed E-state index contributed by atoms with van der Waals surface area (Å²) in [5, 5.41) is 2.09. The van der Waals surface area contributed by atoms with Gasteiger partial charge in [-0.3, -0.25) is 4.99 Å². The molecule has 0 saturated carbocycles. The fourth-order valence-corrected chi connectivity index (χ4v) is 3.47. The molecule has 2 aromatic heterocycles. The van der Waals surface area contributed by atoms with Crippen LogP contribution < -0.4 is 0 Å². The van der Waals surface area contributed by atoms with Crippen LogP contribution in [-0.4, -0.2) is 5.71 Å². The summed E-state index contributed by atoms with van der Waals surface area (Å²) in [6, 6.07) is 8.46. The van der Waals surface area contributed by atoms with E-state index in [4.69, 9.17) is 4.99 Å². The zero-order chi connectivity index (χ0) is 12.5. The number of aliphatic imine (C=N–C) groups is 1. The Hall–Kier alpha value is -1.45. The Morgan fingerprint density at radius 1 is 1.33 bits per heavy atom. The number of hydrogen-bond acceptors (Lipinski definition) is 3. The van der Waals surface area contributed by atoms with Crippen LogP contribution >= 0.6 is 22.7 Å². The second-order valence-electron chi connectivity index (χ2n) is 4.29. The normalized spacial score (nSPS) is 17.5. The van der Waals surface area contributed by atoms with Gasteiger partial charge in [0, 0.05) is 21.1 Å². The van der Waals surface area contributed by atoms with Crippen molar-refractivity contribution in [2.45, 2.75) is 13.3 Å². The number of thiophene rings is 2. The molecule has 1 aliphatic rings. The molecule has 0 atom stereocenters. The molecule has 0 fully saturated rings. The quantitative estimate of drug-likeness (QED) is 0.736. The molecule has 0 radical (unpaired) electrons. The van der Waals surface area contributed by atoms with Crippen LogP contribution in [0.4, 0.5) is 0 Å². The van der Waals surface area contributed by atoms with E-state index in [1.807, 2.05) is 0 Å². The molecule has 2 aromatic rings. The highest BCUT2D eigenvalue weighted by Gasteiger charge is 2.17. The van der Waals surface area contributed by atoms with Gasteiger partial charge in [0.25, 0.3) is 0 Å². The third-order valence-corrected chi connectivity index (χ3v) is 4.71. The van der Waals surface area contributed by atoms with E-state index in [0.29, 0.717) is 0 Å². The third kappa shape index (κ3) is 2.24. The van der Waals surface area contributed by atoms with Crippen molar-refractivity contribution in [1.29, 1.82) is 0 Å². The maximum Gasteiger partial charge on any atom is 0.0677 e. The molecule has 0 N–H and O–H groups in total. The standard InChI is InChI=1S/C15H13NS2/c1-10-8-14(15-4-3-7-17-15)16-13(10)9-12-6-5-11(2)18-12/h3-7,9H,1,8H2,2H3/b13-9-. The molecule has 18 heavy (non-hydrogen) atoms. The summed E-state index contributed by atoms with van der Waals surface area (Å²) >= 11 is 3.53. The highest BCUT2D eigenvalue weighted by molar-refractivity contribution is 7.13. The minimum atomic E-state index is 0.872.